The predicted octanol–water partition coefficient (Wildman–Crippen LogP) is 6.15. The summed E-state index contributed by atoms with van der Waals surface area (Å²) in [5, 5.41) is 10.7. The lowest BCUT2D eigenvalue weighted by Crippen LogP contribution is -2.46. The van der Waals surface area contributed by atoms with Gasteiger partial charge < -0.3 is 28.7 Å². The van der Waals surface area contributed by atoms with Gasteiger partial charge >= 0.3 is 5.97 Å². The Morgan fingerprint density at radius 2 is 1.87 bits per heavy atom. The first-order valence-electron chi connectivity index (χ1n) is 16.4. The molecule has 4 rings (SSSR count). The maximum atomic E-state index is 14.3. The summed E-state index contributed by atoms with van der Waals surface area (Å²) in [6.07, 6.45) is 4.51. The van der Waals surface area contributed by atoms with E-state index in [1.54, 1.807) is 7.11 Å². The molecule has 1 amide bonds. The van der Waals surface area contributed by atoms with E-state index in [9.17, 15) is 14.7 Å². The van der Waals surface area contributed by atoms with Crippen molar-refractivity contribution in [3.05, 3.63) is 47.5 Å². The van der Waals surface area contributed by atoms with Crippen LogP contribution in [0.15, 0.2) is 36.4 Å². The molecule has 0 aliphatic carbocycles. The molecule has 9 heteroatoms. The number of ether oxygens (including phenoxy) is 3. The van der Waals surface area contributed by atoms with Crippen LogP contribution in [-0.2, 0) is 16.1 Å². The molecular formula is C36H54N3O6+. The van der Waals surface area contributed by atoms with E-state index in [0.29, 0.717) is 36.8 Å². The Hall–Kier alpha value is -3.30. The van der Waals surface area contributed by atoms with Crippen molar-refractivity contribution < 1.29 is 33.4 Å². The van der Waals surface area contributed by atoms with E-state index in [2.05, 4.69) is 65.9 Å². The number of aliphatic carboxylic acids is 1. The van der Waals surface area contributed by atoms with Gasteiger partial charge in [-0.2, -0.15) is 0 Å². The van der Waals surface area contributed by atoms with Gasteiger partial charge in [-0.1, -0.05) is 52.7 Å². The number of hydrogen-bond acceptors (Lipinski definition) is 6. The first-order valence-corrected chi connectivity index (χ1v) is 16.4. The van der Waals surface area contributed by atoms with Gasteiger partial charge in [0.25, 0.3) is 0 Å². The van der Waals surface area contributed by atoms with Gasteiger partial charge in [-0.25, -0.2) is 0 Å². The van der Waals surface area contributed by atoms with Crippen LogP contribution < -0.4 is 19.1 Å². The van der Waals surface area contributed by atoms with Crippen molar-refractivity contribution in [2.45, 2.75) is 78.3 Å². The number of likely N-dealkylation sites (tertiary alicyclic amines) is 1. The van der Waals surface area contributed by atoms with Crippen LogP contribution in [0.3, 0.4) is 0 Å². The topological polar surface area (TPSA) is 88.5 Å². The van der Waals surface area contributed by atoms with Crippen molar-refractivity contribution in [3.8, 4) is 17.2 Å². The molecule has 0 radical (unpaired) electrons. The summed E-state index contributed by atoms with van der Waals surface area (Å²) >= 11 is 0. The Morgan fingerprint density at radius 1 is 1.11 bits per heavy atom. The fraction of sp³-hybridized carbons (Fsp3) is 0.611. The molecule has 2 heterocycles. The number of nitrogens with zero attached hydrogens (tertiary/aromatic N) is 3. The Balaban J connectivity index is 1.70. The largest absolute Gasteiger partial charge is 0.493 e. The molecule has 3 atom stereocenters. The van der Waals surface area contributed by atoms with Crippen molar-refractivity contribution in [2.75, 3.05) is 59.6 Å². The maximum absolute atomic E-state index is 14.3. The summed E-state index contributed by atoms with van der Waals surface area (Å²) in [5.74, 6) is -0.268. The minimum atomic E-state index is -0.847. The molecule has 1 unspecified atom stereocenters. The van der Waals surface area contributed by atoms with Gasteiger partial charge in [-0.15, -0.1) is 0 Å². The summed E-state index contributed by atoms with van der Waals surface area (Å²) in [7, 11) is 8.05. The third kappa shape index (κ3) is 8.50. The van der Waals surface area contributed by atoms with Crippen LogP contribution in [0, 0.1) is 11.3 Å². The number of rotatable bonds is 15. The van der Waals surface area contributed by atoms with E-state index in [0.717, 1.165) is 48.0 Å². The Morgan fingerprint density at radius 3 is 2.51 bits per heavy atom. The van der Waals surface area contributed by atoms with E-state index in [1.807, 2.05) is 29.2 Å². The molecule has 248 valence electrons. The van der Waals surface area contributed by atoms with Gasteiger partial charge in [0.1, 0.15) is 6.54 Å². The highest BCUT2D eigenvalue weighted by Crippen LogP contribution is 2.48. The first-order chi connectivity index (χ1) is 21.3. The number of carboxylic acid groups (broad SMARTS) is 1. The molecule has 2 aromatic rings. The van der Waals surface area contributed by atoms with E-state index >= 15 is 0 Å². The Labute approximate surface area is 269 Å². The van der Waals surface area contributed by atoms with E-state index in [1.165, 1.54) is 5.56 Å². The minimum Gasteiger partial charge on any atom is -0.493 e. The fourth-order valence-electron chi connectivity index (χ4n) is 7.14. The third-order valence-corrected chi connectivity index (χ3v) is 9.08. The SMILES string of the molecule is CCCCN(C(=O)CN1C[C@H](c2cc(OC)c3c(c2)OCO3)C(C(=O)O)[C@@H]1CC(C)(C)CCC)c1cccc(C[N+](C)(C)C)c1. The number of amides is 1. The minimum absolute atomic E-state index is 0.00259. The lowest BCUT2D eigenvalue weighted by molar-refractivity contribution is -0.884. The zero-order valence-electron chi connectivity index (χ0n) is 28.6. The number of fused-ring (bicyclic) bond motifs is 1. The molecule has 1 N–H and O–H groups in total. The van der Waals surface area contributed by atoms with Crippen molar-refractivity contribution in [2.24, 2.45) is 11.3 Å². The van der Waals surface area contributed by atoms with Crippen LogP contribution in [0.4, 0.5) is 5.69 Å². The van der Waals surface area contributed by atoms with Crippen LogP contribution >= 0.6 is 0 Å². The van der Waals surface area contributed by atoms with Crippen LogP contribution in [0.1, 0.15) is 76.8 Å². The smallest absolute Gasteiger partial charge is 0.308 e. The van der Waals surface area contributed by atoms with Crippen LogP contribution in [-0.4, -0.2) is 87.1 Å². The zero-order valence-corrected chi connectivity index (χ0v) is 28.6. The number of benzene rings is 2. The van der Waals surface area contributed by atoms with Gasteiger partial charge in [0.2, 0.25) is 18.4 Å². The molecule has 2 aliphatic rings. The number of methoxy groups -OCH3 is 1. The average molecular weight is 625 g/mol. The third-order valence-electron chi connectivity index (χ3n) is 9.08. The van der Waals surface area contributed by atoms with Crippen molar-refractivity contribution in [1.29, 1.82) is 0 Å². The van der Waals surface area contributed by atoms with Gasteiger partial charge in [0.05, 0.1) is 40.7 Å². The molecule has 0 aromatic heterocycles. The molecule has 1 fully saturated rings. The number of unbranched alkanes of at least 4 members (excludes halogenated alkanes) is 1. The van der Waals surface area contributed by atoms with Crippen LogP contribution in [0.5, 0.6) is 17.2 Å². The van der Waals surface area contributed by atoms with Gasteiger partial charge in [0.15, 0.2) is 11.5 Å². The second-order valence-electron chi connectivity index (χ2n) is 14.6. The normalized spacial score (nSPS) is 20.0. The molecule has 0 saturated carbocycles. The van der Waals surface area contributed by atoms with E-state index < -0.39 is 11.9 Å². The number of hydrogen-bond donors (Lipinski definition) is 1. The number of carboxylic acids is 1. The average Bonchev–Trinajstić information content (AvgIpc) is 3.56. The molecule has 2 aliphatic heterocycles. The Kier molecular flexibility index (Phi) is 11.1. The van der Waals surface area contributed by atoms with Crippen molar-refractivity contribution >= 4 is 17.6 Å². The number of anilines is 1. The Bertz CT molecular complexity index is 1340. The highest BCUT2D eigenvalue weighted by atomic mass is 16.7. The molecular weight excluding hydrogens is 570 g/mol. The second-order valence-corrected chi connectivity index (χ2v) is 14.6. The molecule has 1 saturated heterocycles. The summed E-state index contributed by atoms with van der Waals surface area (Å²) in [5.41, 5.74) is 2.82. The van der Waals surface area contributed by atoms with Crippen molar-refractivity contribution in [3.63, 3.8) is 0 Å². The van der Waals surface area contributed by atoms with Crippen LogP contribution in [0.2, 0.25) is 0 Å². The highest BCUT2D eigenvalue weighted by Gasteiger charge is 2.49. The number of quaternary nitrogens is 1. The number of carbonyl (C=O) groups excluding carboxylic acids is 1. The van der Waals surface area contributed by atoms with Gasteiger partial charge in [-0.05, 0) is 54.5 Å². The lowest BCUT2D eigenvalue weighted by Gasteiger charge is -2.35. The van der Waals surface area contributed by atoms with E-state index in [4.69, 9.17) is 14.2 Å². The fourth-order valence-corrected chi connectivity index (χ4v) is 7.14. The van der Waals surface area contributed by atoms with E-state index in [-0.39, 0.29) is 36.6 Å². The summed E-state index contributed by atoms with van der Waals surface area (Å²) in [6.45, 7) is 10.9. The predicted molar refractivity (Wildman–Crippen MR) is 177 cm³/mol. The molecule has 0 spiro atoms. The quantitative estimate of drug-likeness (QED) is 0.238. The monoisotopic (exact) mass is 624 g/mol. The lowest BCUT2D eigenvalue weighted by atomic mass is 9.76. The first kappa shape index (κ1) is 34.6. The maximum Gasteiger partial charge on any atom is 0.308 e. The van der Waals surface area contributed by atoms with Crippen LogP contribution in [0.25, 0.3) is 0 Å². The van der Waals surface area contributed by atoms with Gasteiger partial charge in [0, 0.05) is 36.3 Å². The number of carbonyl (C=O) groups is 2. The summed E-state index contributed by atoms with van der Waals surface area (Å²) in [4.78, 5) is 31.4. The standard InChI is InChI=1S/C36H53N3O6/c1-9-11-16-38(27-14-12-13-25(17-27)23-39(5,6)7)32(40)22-37-21-28(26-18-30(43-8)34-31(19-26)44-24-45-34)33(35(41)42)29(37)20-36(3,4)15-10-2/h12-14,17-19,28-29,33H,9-11,15-16,20-24H2,1-8H3/p+1/t28-,29+,33?/m1/s1. The molecule has 0 bridgehead atoms. The highest BCUT2D eigenvalue weighted by molar-refractivity contribution is 5.95. The summed E-state index contributed by atoms with van der Waals surface area (Å²) < 4.78 is 17.7. The summed E-state index contributed by atoms with van der Waals surface area (Å²) in [6, 6.07) is 11.7. The molecule has 9 nitrogen and oxygen atoms in total. The van der Waals surface area contributed by atoms with Crippen molar-refractivity contribution in [1.82, 2.24) is 4.90 Å². The van der Waals surface area contributed by atoms with Gasteiger partial charge in [-0.3, -0.25) is 14.5 Å². The zero-order chi connectivity index (χ0) is 32.9. The molecule has 45 heavy (non-hydrogen) atoms. The second kappa shape index (κ2) is 14.4. The molecule has 2 aromatic carbocycles.